The fraction of sp³-hybridized carbons (Fsp3) is 0.333. The van der Waals surface area contributed by atoms with Crippen molar-refractivity contribution in [2.24, 2.45) is 5.92 Å². The van der Waals surface area contributed by atoms with Gasteiger partial charge in [-0.05, 0) is 67.1 Å². The Morgan fingerprint density at radius 3 is 1.74 bits per heavy atom. The molecule has 0 aromatic heterocycles. The highest BCUT2D eigenvalue weighted by Gasteiger charge is 2.30. The average molecular weight is 481 g/mol. The normalized spacial score (nSPS) is 21.7. The van der Waals surface area contributed by atoms with Gasteiger partial charge >= 0.3 is 0 Å². The number of hydrogen-bond acceptors (Lipinski definition) is 1. The lowest BCUT2D eigenvalue weighted by atomic mass is 9.77. The van der Waals surface area contributed by atoms with Crippen molar-refractivity contribution in [1.82, 2.24) is 0 Å². The van der Waals surface area contributed by atoms with Gasteiger partial charge in [0.05, 0.1) is 6.61 Å². The van der Waals surface area contributed by atoms with Crippen molar-refractivity contribution in [3.8, 4) is 22.3 Å². The van der Waals surface area contributed by atoms with E-state index < -0.39 is 23.3 Å². The van der Waals surface area contributed by atoms with E-state index in [0.29, 0.717) is 29.2 Å². The molecule has 1 saturated carbocycles. The first kappa shape index (κ1) is 23.8. The van der Waals surface area contributed by atoms with E-state index in [-0.39, 0.29) is 28.7 Å². The molecule has 1 heterocycles. The van der Waals surface area contributed by atoms with Crippen LogP contribution in [0.25, 0.3) is 22.3 Å². The van der Waals surface area contributed by atoms with Crippen LogP contribution in [0, 0.1) is 29.2 Å². The zero-order valence-electron chi connectivity index (χ0n) is 19.5. The van der Waals surface area contributed by atoms with Gasteiger partial charge < -0.3 is 4.74 Å². The van der Waals surface area contributed by atoms with E-state index in [0.717, 1.165) is 38.5 Å². The number of allylic oxidation sites excluding steroid dienone is 1. The summed E-state index contributed by atoms with van der Waals surface area (Å²) in [6.07, 6.45) is 7.42. The second-order valence-electron chi connectivity index (χ2n) is 9.64. The van der Waals surface area contributed by atoms with Gasteiger partial charge in [0, 0.05) is 16.7 Å². The topological polar surface area (TPSA) is 12.5 Å². The molecule has 5 heteroatoms. The summed E-state index contributed by atoms with van der Waals surface area (Å²) in [6.45, 7) is 4.16. The SMILES string of the molecule is C=CCCC1CCC(c2ccc(-c3ccc(-c4ccc(C5CO5)c(F)c4F)cc3)c(F)c2F)CC1. The smallest absolute Gasteiger partial charge is 0.167 e. The predicted molar refractivity (Wildman–Crippen MR) is 130 cm³/mol. The molecule has 1 atom stereocenters. The standard InChI is InChI=1S/C30H28F4O/c1-2-3-4-18-5-7-19(8-6-18)22-13-14-23(28(32)27(22)31)20-9-11-21(12-10-20)24-15-16-25(26-17-35-26)30(34)29(24)33/h2,9-16,18-19,26H,1,3-8,17H2. The summed E-state index contributed by atoms with van der Waals surface area (Å²) in [5, 5.41) is 0. The van der Waals surface area contributed by atoms with Crippen LogP contribution in [0.15, 0.2) is 61.2 Å². The van der Waals surface area contributed by atoms with Gasteiger partial charge in [-0.15, -0.1) is 6.58 Å². The Labute approximate surface area is 203 Å². The molecule has 0 radical (unpaired) electrons. The maximum absolute atomic E-state index is 15.1. The largest absolute Gasteiger partial charge is 0.368 e. The minimum Gasteiger partial charge on any atom is -0.368 e. The first-order valence-electron chi connectivity index (χ1n) is 12.3. The maximum atomic E-state index is 15.1. The van der Waals surface area contributed by atoms with Crippen LogP contribution in [-0.2, 0) is 4.74 Å². The van der Waals surface area contributed by atoms with Gasteiger partial charge in [0.25, 0.3) is 0 Å². The van der Waals surface area contributed by atoms with Crippen LogP contribution in [0.2, 0.25) is 0 Å². The van der Waals surface area contributed by atoms with Crippen molar-refractivity contribution < 1.29 is 22.3 Å². The number of epoxide rings is 1. The molecule has 2 fully saturated rings. The molecular formula is C30H28F4O. The molecular weight excluding hydrogens is 452 g/mol. The lowest BCUT2D eigenvalue weighted by molar-refractivity contribution is 0.306. The van der Waals surface area contributed by atoms with Crippen molar-refractivity contribution in [1.29, 1.82) is 0 Å². The predicted octanol–water partition coefficient (Wildman–Crippen LogP) is 8.89. The summed E-state index contributed by atoms with van der Waals surface area (Å²) in [6, 6.07) is 12.8. The number of benzene rings is 3. The summed E-state index contributed by atoms with van der Waals surface area (Å²) >= 11 is 0. The first-order chi connectivity index (χ1) is 17.0. The molecule has 0 amide bonds. The Morgan fingerprint density at radius 2 is 1.23 bits per heavy atom. The van der Waals surface area contributed by atoms with E-state index in [9.17, 15) is 8.78 Å². The summed E-state index contributed by atoms with van der Waals surface area (Å²) < 4.78 is 64.3. The molecule has 1 aliphatic carbocycles. The zero-order chi connectivity index (χ0) is 24.5. The van der Waals surface area contributed by atoms with E-state index >= 15 is 8.78 Å². The average Bonchev–Trinajstić information content (AvgIpc) is 3.72. The molecule has 1 aliphatic heterocycles. The molecule has 1 saturated heterocycles. The third-order valence-corrected chi connectivity index (χ3v) is 7.48. The Morgan fingerprint density at radius 1 is 0.714 bits per heavy atom. The highest BCUT2D eigenvalue weighted by Crippen LogP contribution is 2.41. The third-order valence-electron chi connectivity index (χ3n) is 7.48. The number of halogens is 4. The van der Waals surface area contributed by atoms with Gasteiger partial charge in [-0.2, -0.15) is 0 Å². The number of rotatable bonds is 7. The van der Waals surface area contributed by atoms with Gasteiger partial charge in [0.2, 0.25) is 0 Å². The molecule has 1 nitrogen and oxygen atoms in total. The minimum absolute atomic E-state index is 0.0304. The molecule has 0 N–H and O–H groups in total. The van der Waals surface area contributed by atoms with Crippen LogP contribution in [-0.4, -0.2) is 6.61 Å². The highest BCUT2D eigenvalue weighted by molar-refractivity contribution is 5.71. The Hall–Kier alpha value is -2.92. The van der Waals surface area contributed by atoms with Gasteiger partial charge in [-0.1, -0.05) is 54.6 Å². The van der Waals surface area contributed by atoms with Crippen molar-refractivity contribution in [2.45, 2.75) is 50.5 Å². The van der Waals surface area contributed by atoms with E-state index in [2.05, 4.69) is 6.58 Å². The molecule has 5 rings (SSSR count). The van der Waals surface area contributed by atoms with Crippen LogP contribution in [0.3, 0.4) is 0 Å². The van der Waals surface area contributed by atoms with Gasteiger partial charge in [-0.3, -0.25) is 0 Å². The molecule has 0 spiro atoms. The number of ether oxygens (including phenoxy) is 1. The summed E-state index contributed by atoms with van der Waals surface area (Å²) in [5.41, 5.74) is 1.87. The lowest BCUT2D eigenvalue weighted by Gasteiger charge is -2.29. The quantitative estimate of drug-likeness (QED) is 0.187. The highest BCUT2D eigenvalue weighted by atomic mass is 19.2. The van der Waals surface area contributed by atoms with Crippen LogP contribution >= 0.6 is 0 Å². The first-order valence-corrected chi connectivity index (χ1v) is 12.3. The van der Waals surface area contributed by atoms with Crippen LogP contribution in [0.1, 0.15) is 61.7 Å². The van der Waals surface area contributed by atoms with E-state index in [4.69, 9.17) is 4.74 Å². The molecule has 0 bridgehead atoms. The Kier molecular flexibility index (Phi) is 6.79. The van der Waals surface area contributed by atoms with Gasteiger partial charge in [0.15, 0.2) is 23.3 Å². The minimum atomic E-state index is -0.938. The summed E-state index contributed by atoms with van der Waals surface area (Å²) in [7, 11) is 0. The Balaban J connectivity index is 1.34. The van der Waals surface area contributed by atoms with Gasteiger partial charge in [-0.25, -0.2) is 17.6 Å². The number of hydrogen-bond donors (Lipinski definition) is 0. The molecule has 1 unspecified atom stereocenters. The second kappa shape index (κ2) is 9.98. The van der Waals surface area contributed by atoms with Crippen LogP contribution in [0.4, 0.5) is 17.6 Å². The van der Waals surface area contributed by atoms with Gasteiger partial charge in [0.1, 0.15) is 6.10 Å². The monoisotopic (exact) mass is 480 g/mol. The van der Waals surface area contributed by atoms with Crippen molar-refractivity contribution in [3.05, 3.63) is 95.6 Å². The maximum Gasteiger partial charge on any atom is 0.167 e. The van der Waals surface area contributed by atoms with Crippen LogP contribution in [0.5, 0.6) is 0 Å². The van der Waals surface area contributed by atoms with Crippen LogP contribution < -0.4 is 0 Å². The zero-order valence-corrected chi connectivity index (χ0v) is 19.5. The van der Waals surface area contributed by atoms with Crippen molar-refractivity contribution in [3.63, 3.8) is 0 Å². The second-order valence-corrected chi connectivity index (χ2v) is 9.64. The van der Waals surface area contributed by atoms with Crippen molar-refractivity contribution >= 4 is 0 Å². The third kappa shape index (κ3) is 4.79. The molecule has 3 aromatic rings. The summed E-state index contributed by atoms with van der Waals surface area (Å²) in [4.78, 5) is 0. The molecule has 35 heavy (non-hydrogen) atoms. The molecule has 2 aliphatic rings. The fourth-order valence-electron chi connectivity index (χ4n) is 5.31. The van der Waals surface area contributed by atoms with Crippen molar-refractivity contribution in [2.75, 3.05) is 6.61 Å². The lowest BCUT2D eigenvalue weighted by Crippen LogP contribution is -2.15. The summed E-state index contributed by atoms with van der Waals surface area (Å²) in [5.74, 6) is -2.84. The molecule has 3 aromatic carbocycles. The van der Waals surface area contributed by atoms with E-state index in [1.807, 2.05) is 6.08 Å². The fourth-order valence-corrected chi connectivity index (χ4v) is 5.31. The Bertz CT molecular complexity index is 1220. The van der Waals surface area contributed by atoms with E-state index in [1.165, 1.54) is 12.1 Å². The molecule has 182 valence electrons. The van der Waals surface area contributed by atoms with E-state index in [1.54, 1.807) is 36.4 Å².